The van der Waals surface area contributed by atoms with Gasteiger partial charge in [0.25, 0.3) is 0 Å². The van der Waals surface area contributed by atoms with Gasteiger partial charge in [0.15, 0.2) is 0 Å². The molecule has 1 aromatic rings. The first-order valence-electron chi connectivity index (χ1n) is 25.4. The van der Waals surface area contributed by atoms with E-state index >= 15 is 0 Å². The van der Waals surface area contributed by atoms with E-state index in [9.17, 15) is 68.1 Å². The third-order valence-electron chi connectivity index (χ3n) is 13.1. The average molecular weight is 1080 g/mol. The molecule has 0 aromatic heterocycles. The summed E-state index contributed by atoms with van der Waals surface area (Å²) in [7, 11) is 0. The zero-order valence-electron chi connectivity index (χ0n) is 43.1. The summed E-state index contributed by atoms with van der Waals surface area (Å²) in [6.45, 7) is 6.01. The lowest BCUT2D eigenvalue weighted by molar-refractivity contribution is -0.150. The molecule has 25 nitrogen and oxygen atoms in total. The normalized spacial score (nSPS) is 18.5. The molecule has 1 aromatic carbocycles. The maximum atomic E-state index is 14.4. The second kappa shape index (κ2) is 31.5. The van der Waals surface area contributed by atoms with Gasteiger partial charge in [0.2, 0.25) is 53.2 Å². The predicted molar refractivity (Wildman–Crippen MR) is 275 cm³/mol. The number of carbonyl (C=O) groups is 11. The van der Waals surface area contributed by atoms with Crippen LogP contribution in [0.15, 0.2) is 30.3 Å². The monoisotopic (exact) mass is 1080 g/mol. The first kappa shape index (κ1) is 62.9. The molecule has 2 fully saturated rings. The largest absolute Gasteiger partial charge is 0.481 e. The number of aliphatic hydroxyl groups is 1. The van der Waals surface area contributed by atoms with Gasteiger partial charge in [-0.05, 0) is 75.3 Å². The quantitative estimate of drug-likeness (QED) is 0.0265. The maximum absolute atomic E-state index is 14.4. The number of carbonyl (C=O) groups excluding carboxylic acids is 9. The van der Waals surface area contributed by atoms with Crippen LogP contribution in [0.4, 0.5) is 0 Å². The average Bonchev–Trinajstić information content (AvgIpc) is 4.09. The number of nitrogens with zero attached hydrogens (tertiary/aromatic N) is 2. The second-order valence-electron chi connectivity index (χ2n) is 19.3. The maximum Gasteiger partial charge on any atom is 0.326 e. The highest BCUT2D eigenvalue weighted by Crippen LogP contribution is 2.21. The SMILES string of the molecule is CC[C@H](C)[C@H](NC(=O)[C@H](Cc1ccccc1)NC(=O)[C@@H]1CCCN1C(=O)CNC(=O)[C@@H](N)CS)C(=O)N[C@@H](CCCCN)C(=O)N[C@@H](CC(C)C)C(=O)N[C@@H](CO)C(=O)N[C@@H](CC(=O)O)C(=O)N1CCC[C@H]1C(=O)O. The molecule has 0 bridgehead atoms. The highest BCUT2D eigenvalue weighted by Gasteiger charge is 2.41. The van der Waals surface area contributed by atoms with Gasteiger partial charge in [-0.2, -0.15) is 12.6 Å². The molecule has 75 heavy (non-hydrogen) atoms. The number of carboxylic acid groups (broad SMARTS) is 2. The van der Waals surface area contributed by atoms with Crippen LogP contribution < -0.4 is 48.7 Å². The lowest BCUT2D eigenvalue weighted by Gasteiger charge is -2.30. The van der Waals surface area contributed by atoms with Gasteiger partial charge in [-0.15, -0.1) is 0 Å². The molecule has 14 N–H and O–H groups in total. The molecular weight excluding hydrogens is 999 g/mol. The smallest absolute Gasteiger partial charge is 0.326 e. The van der Waals surface area contributed by atoms with E-state index in [4.69, 9.17) is 11.5 Å². The number of hydrogen-bond donors (Lipinski definition) is 13. The molecule has 2 aliphatic rings. The predicted octanol–water partition coefficient (Wildman–Crippen LogP) is -2.73. The van der Waals surface area contributed by atoms with Crippen LogP contribution in [0.1, 0.15) is 97.5 Å². The number of likely N-dealkylation sites (tertiary alicyclic amines) is 2. The van der Waals surface area contributed by atoms with Crippen molar-refractivity contribution in [1.82, 2.24) is 47.0 Å². The van der Waals surface area contributed by atoms with Gasteiger partial charge in [0, 0.05) is 25.3 Å². The zero-order chi connectivity index (χ0) is 55.9. The molecule has 0 spiro atoms. The molecule has 0 saturated carbocycles. The zero-order valence-corrected chi connectivity index (χ0v) is 44.0. The van der Waals surface area contributed by atoms with Gasteiger partial charge < -0.3 is 73.8 Å². The molecule has 10 atom stereocenters. The van der Waals surface area contributed by atoms with Crippen molar-refractivity contribution in [2.75, 3.05) is 38.5 Å². The Morgan fingerprint density at radius 3 is 1.87 bits per heavy atom. The van der Waals surface area contributed by atoms with Gasteiger partial charge in [0.1, 0.15) is 48.3 Å². The molecule has 3 rings (SSSR count). The van der Waals surface area contributed by atoms with Crippen molar-refractivity contribution in [3.05, 3.63) is 35.9 Å². The van der Waals surface area contributed by atoms with Crippen LogP contribution in [0, 0.1) is 11.8 Å². The Labute approximate surface area is 441 Å². The number of aliphatic carboxylic acids is 2. The fourth-order valence-electron chi connectivity index (χ4n) is 8.70. The summed E-state index contributed by atoms with van der Waals surface area (Å²) in [5, 5.41) is 47.3. The fourth-order valence-corrected chi connectivity index (χ4v) is 8.86. The number of rotatable bonds is 31. The lowest BCUT2D eigenvalue weighted by Crippen LogP contribution is -2.61. The molecule has 26 heteroatoms. The number of unbranched alkanes of at least 4 members (excludes halogenated alkanes) is 1. The summed E-state index contributed by atoms with van der Waals surface area (Å²) in [5.74, 6) is -10.7. The summed E-state index contributed by atoms with van der Waals surface area (Å²) in [5.41, 5.74) is 12.1. The van der Waals surface area contributed by atoms with E-state index in [1.165, 1.54) is 4.90 Å². The first-order valence-corrected chi connectivity index (χ1v) is 26.1. The van der Waals surface area contributed by atoms with Gasteiger partial charge in [-0.1, -0.05) is 64.4 Å². The number of benzene rings is 1. The van der Waals surface area contributed by atoms with Crippen molar-refractivity contribution in [1.29, 1.82) is 0 Å². The van der Waals surface area contributed by atoms with Crippen LogP contribution in [0.5, 0.6) is 0 Å². The fraction of sp³-hybridized carbons (Fsp3) is 0.653. The standard InChI is InChI=1S/C49H77N11O14S/c1-5-28(4)40(58-44(68)33(22-29-13-7-6-8-14-29)55-46(70)36-16-11-19-59(36)38(62)24-52-41(65)30(51)26-75)47(71)53-31(15-9-10-18-50)42(66)54-32(21-27(2)3)43(67)57-35(25-61)45(69)56-34(23-39(63)64)48(72)60-20-12-17-37(60)49(73)74/h6-8,13-14,27-28,30-37,40,61,75H,5,9-12,15-26,50-51H2,1-4H3,(H,52,65)(H,53,71)(H,54,66)(H,55,70)(H,56,69)(H,57,67)(H,58,68)(H,63,64)(H,73,74)/t28-,30-,31-,32-,33-,34-,35-,36-,37-,40-/m0/s1. The van der Waals surface area contributed by atoms with Crippen molar-refractivity contribution in [2.24, 2.45) is 23.3 Å². The Morgan fingerprint density at radius 1 is 0.707 bits per heavy atom. The minimum absolute atomic E-state index is 0.00127. The van der Waals surface area contributed by atoms with Gasteiger partial charge >= 0.3 is 11.9 Å². The Bertz CT molecular complexity index is 2160. The van der Waals surface area contributed by atoms with Crippen LogP contribution in [-0.4, -0.2) is 183 Å². The third kappa shape index (κ3) is 19.7. The molecule has 418 valence electrons. The van der Waals surface area contributed by atoms with Crippen molar-refractivity contribution in [3.8, 4) is 0 Å². The Balaban J connectivity index is 1.83. The highest BCUT2D eigenvalue weighted by atomic mass is 32.1. The number of amides is 9. The van der Waals surface area contributed by atoms with Gasteiger partial charge in [-0.3, -0.25) is 47.9 Å². The number of hydrogen-bond acceptors (Lipinski definition) is 15. The van der Waals surface area contributed by atoms with E-state index in [1.807, 2.05) is 0 Å². The molecule has 0 aliphatic carbocycles. The summed E-state index contributed by atoms with van der Waals surface area (Å²) in [6.07, 6.45) is 1.41. The van der Waals surface area contributed by atoms with E-state index in [-0.39, 0.29) is 63.4 Å². The number of nitrogens with two attached hydrogens (primary N) is 2. The minimum Gasteiger partial charge on any atom is -0.481 e. The Kier molecular flexibility index (Phi) is 26.4. The van der Waals surface area contributed by atoms with Crippen LogP contribution >= 0.6 is 12.6 Å². The van der Waals surface area contributed by atoms with Crippen molar-refractivity contribution < 1.29 is 68.1 Å². The molecule has 2 heterocycles. The summed E-state index contributed by atoms with van der Waals surface area (Å²) in [6, 6.07) is -3.11. The molecule has 0 unspecified atom stereocenters. The van der Waals surface area contributed by atoms with Crippen molar-refractivity contribution >= 4 is 77.7 Å². The minimum atomic E-state index is -1.76. The third-order valence-corrected chi connectivity index (χ3v) is 13.5. The second-order valence-corrected chi connectivity index (χ2v) is 19.7. The van der Waals surface area contributed by atoms with E-state index in [0.717, 1.165) is 4.90 Å². The molecule has 9 amide bonds. The number of carboxylic acids is 2. The molecule has 2 aliphatic heterocycles. The van der Waals surface area contributed by atoms with Crippen molar-refractivity contribution in [2.45, 2.75) is 153 Å². The van der Waals surface area contributed by atoms with Crippen LogP contribution in [0.25, 0.3) is 0 Å². The van der Waals surface area contributed by atoms with Crippen LogP contribution in [-0.2, 0) is 59.2 Å². The highest BCUT2D eigenvalue weighted by molar-refractivity contribution is 7.80. The first-order chi connectivity index (χ1) is 35.6. The lowest BCUT2D eigenvalue weighted by atomic mass is 9.96. The van der Waals surface area contributed by atoms with Crippen LogP contribution in [0.3, 0.4) is 0 Å². The van der Waals surface area contributed by atoms with Gasteiger partial charge in [0.05, 0.1) is 25.6 Å². The topological polar surface area (TPSA) is 391 Å². The van der Waals surface area contributed by atoms with E-state index < -0.39 is 145 Å². The number of nitrogens with one attached hydrogen (secondary N) is 7. The van der Waals surface area contributed by atoms with E-state index in [2.05, 4.69) is 49.8 Å². The Hall–Kier alpha value is -6.38. The van der Waals surface area contributed by atoms with E-state index in [0.29, 0.717) is 37.7 Å². The summed E-state index contributed by atoms with van der Waals surface area (Å²) >= 11 is 4.00. The van der Waals surface area contributed by atoms with Crippen LogP contribution in [0.2, 0.25) is 0 Å². The number of aliphatic hydroxyl groups excluding tert-OH is 1. The van der Waals surface area contributed by atoms with Crippen molar-refractivity contribution in [3.63, 3.8) is 0 Å². The molecule has 2 saturated heterocycles. The molecular formula is C49H77N11O14S. The number of thiol groups is 1. The van der Waals surface area contributed by atoms with Gasteiger partial charge in [-0.25, -0.2) is 4.79 Å². The summed E-state index contributed by atoms with van der Waals surface area (Å²) in [4.78, 5) is 149. The van der Waals surface area contributed by atoms with E-state index in [1.54, 1.807) is 58.0 Å². The Morgan fingerprint density at radius 2 is 1.28 bits per heavy atom. The molecule has 0 radical (unpaired) electrons. The summed E-state index contributed by atoms with van der Waals surface area (Å²) < 4.78 is 0.